The molecule has 4 rings (SSSR count). The fourth-order valence-corrected chi connectivity index (χ4v) is 4.75. The number of benzene rings is 3. The molecule has 8 heteroatoms. The third kappa shape index (κ3) is 4.62. The highest BCUT2D eigenvalue weighted by Crippen LogP contribution is 2.28. The summed E-state index contributed by atoms with van der Waals surface area (Å²) >= 11 is 0. The van der Waals surface area contributed by atoms with Gasteiger partial charge in [-0.25, -0.2) is 12.7 Å². The second kappa shape index (κ2) is 9.48. The average Bonchev–Trinajstić information content (AvgIpc) is 2.86. The topological polar surface area (TPSA) is 96.7 Å². The molecule has 0 aliphatic rings. The third-order valence-corrected chi connectivity index (χ3v) is 7.76. The summed E-state index contributed by atoms with van der Waals surface area (Å²) in [6.07, 6.45) is 0. The third-order valence-electron chi connectivity index (χ3n) is 5.93. The Morgan fingerprint density at radius 2 is 1.60 bits per heavy atom. The van der Waals surface area contributed by atoms with Gasteiger partial charge in [0.25, 0.3) is 5.91 Å². The van der Waals surface area contributed by atoms with Gasteiger partial charge < -0.3 is 9.73 Å². The van der Waals surface area contributed by atoms with Gasteiger partial charge in [-0.15, -0.1) is 0 Å². The molecule has 3 aromatic carbocycles. The van der Waals surface area contributed by atoms with Crippen molar-refractivity contribution >= 4 is 26.9 Å². The molecule has 180 valence electrons. The fraction of sp³-hybridized carbons (Fsp3) is 0.185. The van der Waals surface area contributed by atoms with Gasteiger partial charge in [-0.3, -0.25) is 9.59 Å². The zero-order chi connectivity index (χ0) is 25.3. The highest BCUT2D eigenvalue weighted by atomic mass is 32.2. The van der Waals surface area contributed by atoms with Crippen LogP contribution in [0, 0.1) is 6.92 Å². The molecule has 0 saturated carbocycles. The second-order valence-electron chi connectivity index (χ2n) is 8.49. The molecule has 1 N–H and O–H groups in total. The minimum atomic E-state index is -3.54. The molecule has 0 aliphatic heterocycles. The first-order chi connectivity index (χ1) is 16.6. The van der Waals surface area contributed by atoms with Crippen LogP contribution in [0.4, 0.5) is 0 Å². The minimum Gasteiger partial charge on any atom is -0.455 e. The van der Waals surface area contributed by atoms with Crippen LogP contribution in [0.25, 0.3) is 22.3 Å². The normalized spacial score (nSPS) is 12.6. The Hall–Kier alpha value is -3.75. The lowest BCUT2D eigenvalue weighted by atomic mass is 10.0. The summed E-state index contributed by atoms with van der Waals surface area (Å²) in [5, 5.41) is 3.25. The van der Waals surface area contributed by atoms with Crippen molar-refractivity contribution in [3.8, 4) is 11.3 Å². The summed E-state index contributed by atoms with van der Waals surface area (Å²) in [5.74, 6) is 0.0215. The first kappa shape index (κ1) is 24.4. The lowest BCUT2D eigenvalue weighted by Gasteiger charge is -2.17. The number of carbonyl (C=O) groups is 1. The van der Waals surface area contributed by atoms with E-state index >= 15 is 0 Å². The summed E-state index contributed by atoms with van der Waals surface area (Å²) in [6, 6.07) is 20.1. The van der Waals surface area contributed by atoms with Crippen LogP contribution in [0.2, 0.25) is 0 Å². The molecule has 1 atom stereocenters. The maximum Gasteiger partial charge on any atom is 0.255 e. The van der Waals surface area contributed by atoms with Gasteiger partial charge in [0, 0.05) is 25.2 Å². The monoisotopic (exact) mass is 490 g/mol. The van der Waals surface area contributed by atoms with Crippen molar-refractivity contribution in [2.45, 2.75) is 24.8 Å². The van der Waals surface area contributed by atoms with Gasteiger partial charge in [0.1, 0.15) is 5.76 Å². The van der Waals surface area contributed by atoms with Crippen LogP contribution >= 0.6 is 0 Å². The number of para-hydroxylation sites is 1. The highest BCUT2D eigenvalue weighted by molar-refractivity contribution is 7.89. The number of fused-ring (bicyclic) bond motifs is 1. The predicted octanol–water partition coefficient (Wildman–Crippen LogP) is 4.51. The number of amides is 1. The molecule has 35 heavy (non-hydrogen) atoms. The van der Waals surface area contributed by atoms with Crippen LogP contribution < -0.4 is 10.7 Å². The lowest BCUT2D eigenvalue weighted by molar-refractivity contribution is 0.0940. The van der Waals surface area contributed by atoms with Gasteiger partial charge in [-0.1, -0.05) is 48.5 Å². The van der Waals surface area contributed by atoms with Crippen LogP contribution in [-0.4, -0.2) is 32.7 Å². The second-order valence-corrected chi connectivity index (χ2v) is 10.6. The van der Waals surface area contributed by atoms with Crippen molar-refractivity contribution in [3.63, 3.8) is 0 Å². The molecule has 0 aliphatic carbocycles. The Labute approximate surface area is 204 Å². The lowest BCUT2D eigenvalue weighted by Crippen LogP contribution is -2.27. The zero-order valence-corrected chi connectivity index (χ0v) is 20.7. The number of carbonyl (C=O) groups excluding carboxylic acids is 1. The standard InChI is InChI=1S/C27H26N2O5S/c1-17-24(30)22-11-8-12-23(26(22)34-25(17)20-9-6-5-7-10-20)27(31)28-18(2)19-13-15-21(16-14-19)35(32,33)29(3)4/h5-16,18H,1-4H3,(H,28,31). The summed E-state index contributed by atoms with van der Waals surface area (Å²) < 4.78 is 31.9. The Morgan fingerprint density at radius 3 is 2.23 bits per heavy atom. The van der Waals surface area contributed by atoms with E-state index in [4.69, 9.17) is 4.42 Å². The molecule has 1 amide bonds. The maximum atomic E-state index is 13.2. The summed E-state index contributed by atoms with van der Waals surface area (Å²) in [6.45, 7) is 3.51. The number of nitrogens with one attached hydrogen (secondary N) is 1. The quantitative estimate of drug-likeness (QED) is 0.429. The number of hydrogen-bond acceptors (Lipinski definition) is 5. The van der Waals surface area contributed by atoms with Gasteiger partial charge in [-0.05, 0) is 43.7 Å². The Kier molecular flexibility index (Phi) is 6.60. The molecule has 0 radical (unpaired) electrons. The molecule has 0 bridgehead atoms. The van der Waals surface area contributed by atoms with E-state index in [-0.39, 0.29) is 21.5 Å². The Morgan fingerprint density at radius 1 is 0.943 bits per heavy atom. The number of hydrogen-bond donors (Lipinski definition) is 1. The van der Waals surface area contributed by atoms with Crippen molar-refractivity contribution < 1.29 is 17.6 Å². The van der Waals surface area contributed by atoms with E-state index in [1.807, 2.05) is 30.3 Å². The largest absolute Gasteiger partial charge is 0.455 e. The molecule has 7 nitrogen and oxygen atoms in total. The van der Waals surface area contributed by atoms with Crippen molar-refractivity contribution in [3.05, 3.63) is 99.7 Å². The van der Waals surface area contributed by atoms with E-state index in [2.05, 4.69) is 5.32 Å². The molecule has 0 fully saturated rings. The van der Waals surface area contributed by atoms with Crippen LogP contribution in [0.15, 0.2) is 86.9 Å². The zero-order valence-electron chi connectivity index (χ0n) is 19.9. The summed E-state index contributed by atoms with van der Waals surface area (Å²) in [7, 11) is -0.597. The van der Waals surface area contributed by atoms with Crippen LogP contribution in [0.3, 0.4) is 0 Å². The number of sulfonamides is 1. The first-order valence-corrected chi connectivity index (χ1v) is 12.5. The van der Waals surface area contributed by atoms with Gasteiger partial charge in [0.15, 0.2) is 11.0 Å². The molecule has 0 saturated heterocycles. The molecule has 4 aromatic rings. The van der Waals surface area contributed by atoms with Crippen molar-refractivity contribution in [1.29, 1.82) is 0 Å². The summed E-state index contributed by atoms with van der Waals surface area (Å²) in [4.78, 5) is 26.5. The van der Waals surface area contributed by atoms with E-state index in [1.54, 1.807) is 44.2 Å². The summed E-state index contributed by atoms with van der Waals surface area (Å²) in [5.41, 5.74) is 2.24. The van der Waals surface area contributed by atoms with Crippen LogP contribution in [0.1, 0.15) is 34.5 Å². The molecule has 1 unspecified atom stereocenters. The van der Waals surface area contributed by atoms with Crippen LogP contribution in [-0.2, 0) is 10.0 Å². The number of nitrogens with zero attached hydrogens (tertiary/aromatic N) is 1. The average molecular weight is 491 g/mol. The minimum absolute atomic E-state index is 0.171. The van der Waals surface area contributed by atoms with Crippen molar-refractivity contribution in [2.24, 2.45) is 0 Å². The first-order valence-electron chi connectivity index (χ1n) is 11.1. The van der Waals surface area contributed by atoms with Crippen molar-refractivity contribution in [1.82, 2.24) is 9.62 Å². The Balaban J connectivity index is 1.68. The van der Waals surface area contributed by atoms with Crippen molar-refractivity contribution in [2.75, 3.05) is 14.1 Å². The van der Waals surface area contributed by atoms with E-state index < -0.39 is 22.0 Å². The SMILES string of the molecule is Cc1c(-c2ccccc2)oc2c(C(=O)NC(C)c3ccc(S(=O)(=O)N(C)C)cc3)cccc2c1=O. The molecule has 1 heterocycles. The van der Waals surface area contributed by atoms with E-state index in [0.717, 1.165) is 15.4 Å². The van der Waals surface area contributed by atoms with Gasteiger partial charge in [0.05, 0.1) is 21.9 Å². The Bertz CT molecular complexity index is 1560. The maximum absolute atomic E-state index is 13.2. The molecular formula is C27H26N2O5S. The van der Waals surface area contributed by atoms with Gasteiger partial charge in [0.2, 0.25) is 10.0 Å². The predicted molar refractivity (Wildman–Crippen MR) is 136 cm³/mol. The van der Waals surface area contributed by atoms with E-state index in [1.165, 1.54) is 26.2 Å². The molecule has 1 aromatic heterocycles. The molecule has 0 spiro atoms. The van der Waals surface area contributed by atoms with E-state index in [0.29, 0.717) is 16.7 Å². The fourth-order valence-electron chi connectivity index (χ4n) is 3.85. The van der Waals surface area contributed by atoms with E-state index in [9.17, 15) is 18.0 Å². The number of rotatable bonds is 6. The molecular weight excluding hydrogens is 464 g/mol. The highest BCUT2D eigenvalue weighted by Gasteiger charge is 2.21. The van der Waals surface area contributed by atoms with Gasteiger partial charge in [-0.2, -0.15) is 0 Å². The van der Waals surface area contributed by atoms with Crippen LogP contribution in [0.5, 0.6) is 0 Å². The van der Waals surface area contributed by atoms with Gasteiger partial charge >= 0.3 is 0 Å². The smallest absolute Gasteiger partial charge is 0.255 e.